The summed E-state index contributed by atoms with van der Waals surface area (Å²) in [5.41, 5.74) is 1.51. The molecular formula is C34H34Cl2O6Te. The van der Waals surface area contributed by atoms with Crippen molar-refractivity contribution >= 4 is 53.4 Å². The van der Waals surface area contributed by atoms with E-state index in [9.17, 15) is 9.59 Å². The Morgan fingerprint density at radius 2 is 0.907 bits per heavy atom. The number of carbonyl (C=O) groups excluding carboxylic acids is 2. The van der Waals surface area contributed by atoms with Gasteiger partial charge in [-0.15, -0.1) is 0 Å². The van der Waals surface area contributed by atoms with Crippen molar-refractivity contribution in [2.45, 2.75) is 52.7 Å². The van der Waals surface area contributed by atoms with Crippen molar-refractivity contribution in [2.24, 2.45) is 0 Å². The SMILES string of the molecule is CC(C)(C)OC(=O)Oc1ccc([Te](Cl)(Cl)c2ccc(OC(=O)OC(C)(C)C)c(-c3ccccc3)c2)cc1-c1ccccc1. The fraction of sp³-hybridized carbons (Fsp3) is 0.235. The molecule has 0 atom stereocenters. The fourth-order valence-electron chi connectivity index (χ4n) is 4.06. The molecule has 4 aromatic rings. The average molecular weight is 737 g/mol. The summed E-state index contributed by atoms with van der Waals surface area (Å²) >= 11 is -4.06. The third-order valence-corrected chi connectivity index (χ3v) is 15.4. The molecule has 43 heavy (non-hydrogen) atoms. The van der Waals surface area contributed by atoms with Crippen LogP contribution in [-0.4, -0.2) is 39.5 Å². The van der Waals surface area contributed by atoms with Crippen LogP contribution in [0.25, 0.3) is 22.3 Å². The summed E-state index contributed by atoms with van der Waals surface area (Å²) < 4.78 is 23.4. The number of hydrogen-bond donors (Lipinski definition) is 0. The van der Waals surface area contributed by atoms with Crippen LogP contribution in [0.15, 0.2) is 97.1 Å². The second-order valence-electron chi connectivity index (χ2n) is 11.6. The van der Waals surface area contributed by atoms with Gasteiger partial charge in [-0.05, 0) is 0 Å². The number of carbonyl (C=O) groups is 2. The van der Waals surface area contributed by atoms with Gasteiger partial charge < -0.3 is 0 Å². The van der Waals surface area contributed by atoms with Crippen molar-refractivity contribution in [3.8, 4) is 33.8 Å². The zero-order valence-corrected chi connectivity index (χ0v) is 28.7. The van der Waals surface area contributed by atoms with Crippen LogP contribution in [-0.2, 0) is 9.47 Å². The van der Waals surface area contributed by atoms with E-state index in [0.29, 0.717) is 22.6 Å². The first kappa shape index (κ1) is 32.7. The Morgan fingerprint density at radius 3 is 1.23 bits per heavy atom. The van der Waals surface area contributed by atoms with Gasteiger partial charge >= 0.3 is 265 Å². The second kappa shape index (κ2) is 13.2. The van der Waals surface area contributed by atoms with Gasteiger partial charge in [-0.3, -0.25) is 0 Å². The van der Waals surface area contributed by atoms with E-state index >= 15 is 0 Å². The average Bonchev–Trinajstić information content (AvgIpc) is 2.92. The van der Waals surface area contributed by atoms with E-state index in [2.05, 4.69) is 0 Å². The van der Waals surface area contributed by atoms with Gasteiger partial charge in [0.05, 0.1) is 0 Å². The Kier molecular flexibility index (Phi) is 10.0. The van der Waals surface area contributed by atoms with Crippen LogP contribution in [0.2, 0.25) is 0 Å². The van der Waals surface area contributed by atoms with Crippen LogP contribution < -0.4 is 16.7 Å². The molecule has 0 bridgehead atoms. The molecule has 6 nitrogen and oxygen atoms in total. The van der Waals surface area contributed by atoms with Crippen LogP contribution in [0, 0.1) is 0 Å². The molecule has 0 aromatic heterocycles. The van der Waals surface area contributed by atoms with Gasteiger partial charge in [-0.25, -0.2) is 0 Å². The molecular weight excluding hydrogens is 703 g/mol. The van der Waals surface area contributed by atoms with E-state index < -0.39 is 39.5 Å². The summed E-state index contributed by atoms with van der Waals surface area (Å²) in [7, 11) is 14.6. The van der Waals surface area contributed by atoms with Gasteiger partial charge in [0.1, 0.15) is 0 Å². The predicted octanol–water partition coefficient (Wildman–Crippen LogP) is 8.68. The summed E-state index contributed by atoms with van der Waals surface area (Å²) in [5.74, 6) is 0.643. The van der Waals surface area contributed by atoms with Crippen molar-refractivity contribution in [1.82, 2.24) is 0 Å². The minimum absolute atomic E-state index is 0.322. The first-order chi connectivity index (χ1) is 20.1. The van der Waals surface area contributed by atoms with Crippen LogP contribution in [0.5, 0.6) is 11.5 Å². The summed E-state index contributed by atoms with van der Waals surface area (Å²) in [4.78, 5) is 25.1. The first-order valence-corrected chi connectivity index (χ1v) is 21.8. The van der Waals surface area contributed by atoms with Crippen LogP contribution in [0.4, 0.5) is 9.59 Å². The topological polar surface area (TPSA) is 71.1 Å². The van der Waals surface area contributed by atoms with E-state index in [-0.39, 0.29) is 0 Å². The Bertz CT molecular complexity index is 1470. The van der Waals surface area contributed by atoms with Gasteiger partial charge in [0, 0.05) is 0 Å². The van der Waals surface area contributed by atoms with Crippen LogP contribution in [0.3, 0.4) is 0 Å². The molecule has 4 rings (SSSR count). The Balaban J connectivity index is 1.76. The van der Waals surface area contributed by atoms with E-state index in [1.165, 1.54) is 0 Å². The number of halogens is 2. The molecule has 0 saturated heterocycles. The summed E-state index contributed by atoms with van der Waals surface area (Å²) in [6, 6.07) is 29.7. The molecule has 0 fully saturated rings. The molecule has 0 heterocycles. The van der Waals surface area contributed by atoms with Crippen LogP contribution in [0.1, 0.15) is 41.5 Å². The quantitative estimate of drug-likeness (QED) is 0.112. The standard InChI is InChI=1S/C34H34Cl2O6Te/c1-33(2,3)41-31(37)39-29-19-17-25(21-27(29)23-13-9-7-10-14-23)43(35,36)26-18-20-30(40-32(38)42-34(4,5)6)28(22-26)24-15-11-8-12-16-24/h7-22H,1-6H3. The number of hydrogen-bond acceptors (Lipinski definition) is 6. The van der Waals surface area contributed by atoms with Crippen molar-refractivity contribution in [3.05, 3.63) is 97.1 Å². The number of ether oxygens (including phenoxy) is 4. The van der Waals surface area contributed by atoms with Gasteiger partial charge in [-0.1, -0.05) is 0 Å². The third kappa shape index (κ3) is 8.90. The summed E-state index contributed by atoms with van der Waals surface area (Å²) in [6.07, 6.45) is -1.62. The molecule has 0 N–H and O–H groups in total. The first-order valence-electron chi connectivity index (χ1n) is 13.6. The van der Waals surface area contributed by atoms with Gasteiger partial charge in [0.2, 0.25) is 0 Å². The third-order valence-electron chi connectivity index (χ3n) is 5.83. The van der Waals surface area contributed by atoms with Gasteiger partial charge in [0.25, 0.3) is 0 Å². The number of rotatable bonds is 6. The molecule has 0 unspecified atom stereocenters. The van der Waals surface area contributed by atoms with E-state index in [1.807, 2.05) is 72.8 Å². The molecule has 226 valence electrons. The fourth-order valence-corrected chi connectivity index (χ4v) is 10.3. The summed E-state index contributed by atoms with van der Waals surface area (Å²) in [6.45, 7) is 10.6. The van der Waals surface area contributed by atoms with Crippen molar-refractivity contribution in [1.29, 1.82) is 0 Å². The zero-order chi connectivity index (χ0) is 31.4. The molecule has 0 spiro atoms. The van der Waals surface area contributed by atoms with Crippen molar-refractivity contribution in [3.63, 3.8) is 0 Å². The minimum atomic E-state index is -4.06. The maximum absolute atomic E-state index is 12.5. The van der Waals surface area contributed by atoms with Gasteiger partial charge in [0.15, 0.2) is 0 Å². The monoisotopic (exact) mass is 738 g/mol. The van der Waals surface area contributed by atoms with E-state index in [4.69, 9.17) is 36.9 Å². The molecule has 0 aliphatic carbocycles. The maximum atomic E-state index is 12.5. The Hall–Kier alpha value is -3.21. The predicted molar refractivity (Wildman–Crippen MR) is 174 cm³/mol. The van der Waals surface area contributed by atoms with E-state index in [0.717, 1.165) is 18.3 Å². The zero-order valence-electron chi connectivity index (χ0n) is 24.9. The van der Waals surface area contributed by atoms with Crippen molar-refractivity contribution in [2.75, 3.05) is 0 Å². The molecule has 0 aliphatic rings. The molecule has 0 amide bonds. The van der Waals surface area contributed by atoms with Crippen LogP contribution >= 0.6 is 17.9 Å². The van der Waals surface area contributed by atoms with E-state index in [1.54, 1.807) is 65.8 Å². The van der Waals surface area contributed by atoms with Crippen molar-refractivity contribution < 1.29 is 28.5 Å². The van der Waals surface area contributed by atoms with Gasteiger partial charge in [-0.2, -0.15) is 0 Å². The molecule has 0 aliphatic heterocycles. The molecule has 4 aromatic carbocycles. The Morgan fingerprint density at radius 1 is 0.558 bits per heavy atom. The number of benzene rings is 4. The molecule has 0 saturated carbocycles. The normalized spacial score (nSPS) is 12.3. The summed E-state index contributed by atoms with van der Waals surface area (Å²) in [5, 5.41) is 0. The molecule has 9 heteroatoms. The second-order valence-corrected chi connectivity index (χ2v) is 24.3. The Labute approximate surface area is 264 Å². The molecule has 0 radical (unpaired) electrons.